The average Bonchev–Trinajstić information content (AvgIpc) is 2.12. The van der Waals surface area contributed by atoms with Gasteiger partial charge in [0.1, 0.15) is 17.1 Å². The molecule has 4 heteroatoms. The Morgan fingerprint density at radius 2 is 1.73 bits per heavy atom. The molecule has 0 heterocycles. The van der Waals surface area contributed by atoms with E-state index in [4.69, 9.17) is 0 Å². The van der Waals surface area contributed by atoms with Crippen LogP contribution in [0.1, 0.15) is 27.7 Å². The van der Waals surface area contributed by atoms with Gasteiger partial charge in [0.05, 0.1) is 5.41 Å². The monoisotopic (exact) mass is 210 g/mol. The molecule has 0 bridgehead atoms. The lowest BCUT2D eigenvalue weighted by atomic mass is 9.75. The second-order valence-electron chi connectivity index (χ2n) is 4.21. The van der Waals surface area contributed by atoms with E-state index in [0.29, 0.717) is 0 Å². The van der Waals surface area contributed by atoms with Gasteiger partial charge in [-0.1, -0.05) is 0 Å². The summed E-state index contributed by atoms with van der Waals surface area (Å²) in [6, 6.07) is 0. The van der Waals surface area contributed by atoms with E-state index in [-0.39, 0.29) is 16.9 Å². The van der Waals surface area contributed by atoms with Crippen molar-refractivity contribution in [2.75, 3.05) is 0 Å². The second-order valence-corrected chi connectivity index (χ2v) is 4.21. The van der Waals surface area contributed by atoms with Crippen LogP contribution in [0.3, 0.4) is 0 Å². The Morgan fingerprint density at radius 1 is 1.27 bits per heavy atom. The van der Waals surface area contributed by atoms with E-state index in [0.717, 1.165) is 0 Å². The average molecular weight is 210 g/mol. The predicted octanol–water partition coefficient (Wildman–Crippen LogP) is 1.83. The second kappa shape index (κ2) is 3.22. The maximum absolute atomic E-state index is 11.8. The molecule has 2 N–H and O–H groups in total. The van der Waals surface area contributed by atoms with Crippen LogP contribution in [0.2, 0.25) is 0 Å². The number of allylic oxidation sites excluding steroid dienone is 3. The zero-order chi connectivity index (χ0) is 12.0. The van der Waals surface area contributed by atoms with Gasteiger partial charge in [-0.3, -0.25) is 9.59 Å². The third-order valence-corrected chi connectivity index (χ3v) is 2.69. The molecule has 0 spiro atoms. The molecule has 0 saturated heterocycles. The van der Waals surface area contributed by atoms with Crippen LogP contribution in [0, 0.1) is 5.41 Å². The van der Waals surface area contributed by atoms with Gasteiger partial charge in [0.15, 0.2) is 11.6 Å². The maximum atomic E-state index is 11.8. The number of ketones is 2. The Kier molecular flexibility index (Phi) is 2.47. The minimum Gasteiger partial charge on any atom is -0.511 e. The standard InChI is InChI=1S/C11H14O4/c1-5-8(13)7(6(2)12)10(15)11(3,4)9(5)14/h13-14H,1-4H3. The van der Waals surface area contributed by atoms with E-state index in [2.05, 4.69) is 0 Å². The molecule has 0 unspecified atom stereocenters. The molecule has 0 fully saturated rings. The summed E-state index contributed by atoms with van der Waals surface area (Å²) in [4.78, 5) is 23.0. The van der Waals surface area contributed by atoms with Crippen LogP contribution in [0.15, 0.2) is 22.7 Å². The Labute approximate surface area is 87.9 Å². The Morgan fingerprint density at radius 3 is 2.13 bits per heavy atom. The fraction of sp³-hybridized carbons (Fsp3) is 0.455. The molecular weight excluding hydrogens is 196 g/mol. The minimum atomic E-state index is -1.14. The van der Waals surface area contributed by atoms with Crippen molar-refractivity contribution in [2.24, 2.45) is 5.41 Å². The number of hydrogen-bond acceptors (Lipinski definition) is 4. The number of rotatable bonds is 1. The molecule has 0 aliphatic heterocycles. The zero-order valence-corrected chi connectivity index (χ0v) is 9.21. The van der Waals surface area contributed by atoms with Crippen LogP contribution >= 0.6 is 0 Å². The number of hydrogen-bond donors (Lipinski definition) is 2. The lowest BCUT2D eigenvalue weighted by molar-refractivity contribution is -0.126. The first-order valence-corrected chi connectivity index (χ1v) is 4.61. The summed E-state index contributed by atoms with van der Waals surface area (Å²) in [5, 5.41) is 19.3. The van der Waals surface area contributed by atoms with E-state index < -0.39 is 22.7 Å². The van der Waals surface area contributed by atoms with Gasteiger partial charge in [0.25, 0.3) is 0 Å². The van der Waals surface area contributed by atoms with Crippen molar-refractivity contribution < 1.29 is 19.8 Å². The molecule has 0 aromatic carbocycles. The van der Waals surface area contributed by atoms with Crippen LogP contribution in [-0.4, -0.2) is 21.8 Å². The minimum absolute atomic E-state index is 0.185. The summed E-state index contributed by atoms with van der Waals surface area (Å²) >= 11 is 0. The SMILES string of the molecule is CC(=O)C1=C(O)C(C)=C(O)C(C)(C)C1=O. The largest absolute Gasteiger partial charge is 0.511 e. The van der Waals surface area contributed by atoms with E-state index in [1.807, 2.05) is 0 Å². The van der Waals surface area contributed by atoms with Gasteiger partial charge < -0.3 is 10.2 Å². The zero-order valence-electron chi connectivity index (χ0n) is 9.21. The van der Waals surface area contributed by atoms with E-state index in [1.54, 1.807) is 0 Å². The van der Waals surface area contributed by atoms with E-state index >= 15 is 0 Å². The number of aliphatic hydroxyl groups is 2. The van der Waals surface area contributed by atoms with Crippen molar-refractivity contribution >= 4 is 11.6 Å². The summed E-state index contributed by atoms with van der Waals surface area (Å²) in [7, 11) is 0. The number of carbonyl (C=O) groups excluding carboxylic acids is 2. The van der Waals surface area contributed by atoms with Crippen molar-refractivity contribution in [3.8, 4) is 0 Å². The maximum Gasteiger partial charge on any atom is 0.183 e. The van der Waals surface area contributed by atoms with Gasteiger partial charge in [-0.05, 0) is 27.7 Å². The van der Waals surface area contributed by atoms with Gasteiger partial charge in [-0.15, -0.1) is 0 Å². The molecular formula is C11H14O4. The predicted molar refractivity (Wildman–Crippen MR) is 54.5 cm³/mol. The fourth-order valence-corrected chi connectivity index (χ4v) is 1.62. The highest BCUT2D eigenvalue weighted by Gasteiger charge is 2.43. The third kappa shape index (κ3) is 1.46. The summed E-state index contributed by atoms with van der Waals surface area (Å²) < 4.78 is 0. The molecule has 0 radical (unpaired) electrons. The fourth-order valence-electron chi connectivity index (χ4n) is 1.62. The van der Waals surface area contributed by atoms with Crippen LogP contribution in [0.25, 0.3) is 0 Å². The Balaban J connectivity index is 3.53. The highest BCUT2D eigenvalue weighted by atomic mass is 16.3. The topological polar surface area (TPSA) is 74.6 Å². The number of aliphatic hydroxyl groups excluding tert-OH is 2. The van der Waals surface area contributed by atoms with Gasteiger partial charge in [-0.2, -0.15) is 0 Å². The van der Waals surface area contributed by atoms with Crippen LogP contribution in [-0.2, 0) is 9.59 Å². The van der Waals surface area contributed by atoms with Crippen LogP contribution < -0.4 is 0 Å². The summed E-state index contributed by atoms with van der Waals surface area (Å²) in [6.45, 7) is 5.73. The number of Topliss-reactive ketones (excluding diaryl/α,β-unsaturated/α-hetero) is 2. The highest BCUT2D eigenvalue weighted by Crippen LogP contribution is 2.38. The first-order valence-electron chi connectivity index (χ1n) is 4.61. The molecule has 1 rings (SSSR count). The lowest BCUT2D eigenvalue weighted by Gasteiger charge is -2.29. The quantitative estimate of drug-likeness (QED) is 0.647. The van der Waals surface area contributed by atoms with Crippen molar-refractivity contribution in [1.29, 1.82) is 0 Å². The molecule has 15 heavy (non-hydrogen) atoms. The van der Waals surface area contributed by atoms with Crippen molar-refractivity contribution in [3.05, 3.63) is 22.7 Å². The molecule has 0 amide bonds. The van der Waals surface area contributed by atoms with Crippen LogP contribution in [0.5, 0.6) is 0 Å². The molecule has 4 nitrogen and oxygen atoms in total. The van der Waals surface area contributed by atoms with E-state index in [1.165, 1.54) is 27.7 Å². The number of carbonyl (C=O) groups is 2. The normalized spacial score (nSPS) is 20.9. The first-order chi connectivity index (χ1) is 6.71. The van der Waals surface area contributed by atoms with Gasteiger partial charge in [-0.25, -0.2) is 0 Å². The van der Waals surface area contributed by atoms with Gasteiger partial charge in [0.2, 0.25) is 0 Å². The first kappa shape index (κ1) is 11.5. The summed E-state index contributed by atoms with van der Waals surface area (Å²) in [5.41, 5.74) is -1.18. The van der Waals surface area contributed by atoms with E-state index in [9.17, 15) is 19.8 Å². The van der Waals surface area contributed by atoms with Crippen molar-refractivity contribution in [2.45, 2.75) is 27.7 Å². The molecule has 0 atom stereocenters. The molecule has 1 aliphatic rings. The third-order valence-electron chi connectivity index (χ3n) is 2.69. The highest BCUT2D eigenvalue weighted by molar-refractivity contribution is 6.23. The smallest absolute Gasteiger partial charge is 0.183 e. The summed E-state index contributed by atoms with van der Waals surface area (Å²) in [5.74, 6) is -1.63. The van der Waals surface area contributed by atoms with Gasteiger partial charge >= 0.3 is 0 Å². The molecule has 0 aromatic rings. The molecule has 0 aromatic heterocycles. The molecule has 82 valence electrons. The Hall–Kier alpha value is -1.58. The van der Waals surface area contributed by atoms with Crippen molar-refractivity contribution in [1.82, 2.24) is 0 Å². The lowest BCUT2D eigenvalue weighted by Crippen LogP contribution is -2.35. The molecule has 0 saturated carbocycles. The molecule has 1 aliphatic carbocycles. The van der Waals surface area contributed by atoms with Crippen LogP contribution in [0.4, 0.5) is 0 Å². The van der Waals surface area contributed by atoms with Crippen molar-refractivity contribution in [3.63, 3.8) is 0 Å². The van der Waals surface area contributed by atoms with Gasteiger partial charge in [0, 0.05) is 5.57 Å². The Bertz CT molecular complexity index is 410. The summed E-state index contributed by atoms with van der Waals surface area (Å²) in [6.07, 6.45) is 0.